The van der Waals surface area contributed by atoms with Crippen molar-refractivity contribution in [2.45, 2.75) is 20.8 Å². The van der Waals surface area contributed by atoms with Crippen molar-refractivity contribution in [3.63, 3.8) is 0 Å². The van der Waals surface area contributed by atoms with Gasteiger partial charge >= 0.3 is 0 Å². The minimum absolute atomic E-state index is 0.00569. The first kappa shape index (κ1) is 16.8. The molecule has 1 saturated heterocycles. The molecule has 0 aliphatic carbocycles. The number of carbonyl (C=O) groups excluding carboxylic acids is 1. The molecule has 2 N–H and O–H groups in total. The van der Waals surface area contributed by atoms with Gasteiger partial charge in [0, 0.05) is 18.2 Å². The average molecular weight is 337 g/mol. The third-order valence-corrected chi connectivity index (χ3v) is 5.01. The van der Waals surface area contributed by atoms with Crippen LogP contribution in [-0.2, 0) is 4.79 Å². The van der Waals surface area contributed by atoms with Gasteiger partial charge in [0.05, 0.1) is 11.6 Å². The molecule has 3 nitrogen and oxygen atoms in total. The molecule has 1 amide bonds. The molecule has 2 rings (SSSR count). The zero-order chi connectivity index (χ0) is 16.4. The van der Waals surface area contributed by atoms with E-state index in [0.29, 0.717) is 16.6 Å². The predicted octanol–water partition coefficient (Wildman–Crippen LogP) is 4.60. The monoisotopic (exact) mass is 336 g/mol. The van der Waals surface area contributed by atoms with Crippen molar-refractivity contribution in [2.24, 2.45) is 11.8 Å². The summed E-state index contributed by atoms with van der Waals surface area (Å²) in [7, 11) is 0. The quantitative estimate of drug-likeness (QED) is 0.771. The highest BCUT2D eigenvalue weighted by molar-refractivity contribution is 7.15. The van der Waals surface area contributed by atoms with Crippen LogP contribution in [-0.4, -0.2) is 12.5 Å². The molecule has 5 heteroatoms. The minimum Gasteiger partial charge on any atom is -0.357 e. The molecule has 118 valence electrons. The highest BCUT2D eigenvalue weighted by atomic mass is 35.5. The summed E-state index contributed by atoms with van der Waals surface area (Å²) in [5.41, 5.74) is 4.78. The lowest BCUT2D eigenvalue weighted by Crippen LogP contribution is -2.25. The summed E-state index contributed by atoms with van der Waals surface area (Å²) < 4.78 is 0.665. The first-order valence-electron chi connectivity index (χ1n) is 7.12. The first-order valence-corrected chi connectivity index (χ1v) is 8.38. The van der Waals surface area contributed by atoms with Gasteiger partial charge < -0.3 is 10.6 Å². The minimum atomic E-state index is -0.322. The third kappa shape index (κ3) is 3.28. The summed E-state index contributed by atoms with van der Waals surface area (Å²) in [6, 6.07) is 1.89. The van der Waals surface area contributed by atoms with E-state index in [1.54, 1.807) is 0 Å². The van der Waals surface area contributed by atoms with E-state index < -0.39 is 0 Å². The highest BCUT2D eigenvalue weighted by Gasteiger charge is 2.39. The number of allylic oxidation sites excluding steroid dienone is 2. The van der Waals surface area contributed by atoms with E-state index in [4.69, 9.17) is 11.6 Å². The van der Waals surface area contributed by atoms with E-state index in [-0.39, 0.29) is 17.7 Å². The largest absolute Gasteiger partial charge is 0.357 e. The highest BCUT2D eigenvalue weighted by Crippen LogP contribution is 2.37. The van der Waals surface area contributed by atoms with Gasteiger partial charge in [0.1, 0.15) is 4.34 Å². The number of halogens is 1. The standard InChI is InChI=1S/C17H21ClN2OS/c1-9(2)14(10(3)4)12-8-19-17(21)15(12)11(5)20-13-6-7-22-16(13)18/h6-7,12,15,20H,1,5,8H2,2-4H3,(H,19,21)/t12-,15-/m1/s1. The van der Waals surface area contributed by atoms with Crippen LogP contribution in [0.4, 0.5) is 5.69 Å². The van der Waals surface area contributed by atoms with Crippen molar-refractivity contribution in [1.29, 1.82) is 0 Å². The Labute approximate surface area is 140 Å². The zero-order valence-electron chi connectivity index (χ0n) is 13.1. The number of rotatable bonds is 5. The molecule has 1 aliphatic rings. The molecular formula is C17H21ClN2OS. The van der Waals surface area contributed by atoms with Crippen LogP contribution in [0.15, 0.2) is 47.0 Å². The number of anilines is 1. The van der Waals surface area contributed by atoms with Crippen LogP contribution in [0.5, 0.6) is 0 Å². The normalized spacial score (nSPS) is 20.5. The molecule has 0 saturated carbocycles. The smallest absolute Gasteiger partial charge is 0.229 e. The fraction of sp³-hybridized carbons (Fsp3) is 0.353. The predicted molar refractivity (Wildman–Crippen MR) is 95.3 cm³/mol. The lowest BCUT2D eigenvalue weighted by atomic mass is 9.81. The molecule has 22 heavy (non-hydrogen) atoms. The van der Waals surface area contributed by atoms with Crippen LogP contribution in [0.2, 0.25) is 4.34 Å². The Morgan fingerprint density at radius 1 is 1.41 bits per heavy atom. The second-order valence-corrected chi connectivity index (χ2v) is 7.30. The van der Waals surface area contributed by atoms with Gasteiger partial charge in [0.2, 0.25) is 5.91 Å². The summed E-state index contributed by atoms with van der Waals surface area (Å²) >= 11 is 7.56. The van der Waals surface area contributed by atoms with Crippen molar-refractivity contribution in [2.75, 3.05) is 11.9 Å². The van der Waals surface area contributed by atoms with E-state index in [1.165, 1.54) is 16.9 Å². The summed E-state index contributed by atoms with van der Waals surface area (Å²) in [6.45, 7) is 14.8. The van der Waals surface area contributed by atoms with E-state index in [9.17, 15) is 4.79 Å². The Kier molecular flexibility index (Phi) is 5.14. The number of hydrogen-bond donors (Lipinski definition) is 2. The molecule has 1 fully saturated rings. The molecule has 0 radical (unpaired) electrons. The summed E-state index contributed by atoms with van der Waals surface area (Å²) in [6.07, 6.45) is 0. The fourth-order valence-electron chi connectivity index (χ4n) is 3.04. The van der Waals surface area contributed by atoms with E-state index in [0.717, 1.165) is 16.8 Å². The number of amides is 1. The van der Waals surface area contributed by atoms with Crippen LogP contribution in [0.25, 0.3) is 0 Å². The Morgan fingerprint density at radius 2 is 2.09 bits per heavy atom. The van der Waals surface area contributed by atoms with Crippen molar-refractivity contribution >= 4 is 34.5 Å². The van der Waals surface area contributed by atoms with Crippen molar-refractivity contribution < 1.29 is 4.79 Å². The molecule has 2 atom stereocenters. The van der Waals surface area contributed by atoms with Gasteiger partial charge in [-0.3, -0.25) is 4.79 Å². The maximum atomic E-state index is 12.3. The van der Waals surface area contributed by atoms with Crippen LogP contribution >= 0.6 is 22.9 Å². The van der Waals surface area contributed by atoms with Gasteiger partial charge in [0.15, 0.2) is 0 Å². The average Bonchev–Trinajstić information content (AvgIpc) is 2.96. The lowest BCUT2D eigenvalue weighted by Gasteiger charge is -2.24. The summed E-state index contributed by atoms with van der Waals surface area (Å²) in [4.78, 5) is 12.3. The number of carbonyl (C=O) groups is 1. The second-order valence-electron chi connectivity index (χ2n) is 5.78. The number of hydrogen-bond acceptors (Lipinski definition) is 3. The molecule has 0 bridgehead atoms. The maximum absolute atomic E-state index is 12.3. The molecular weight excluding hydrogens is 316 g/mol. The van der Waals surface area contributed by atoms with Crippen LogP contribution in [0.3, 0.4) is 0 Å². The molecule has 0 spiro atoms. The summed E-state index contributed by atoms with van der Waals surface area (Å²) in [5.74, 6) is -0.279. The Hall–Kier alpha value is -1.52. The van der Waals surface area contributed by atoms with Gasteiger partial charge in [-0.1, -0.05) is 35.9 Å². The van der Waals surface area contributed by atoms with Crippen LogP contribution < -0.4 is 10.6 Å². The van der Waals surface area contributed by atoms with Gasteiger partial charge in [-0.25, -0.2) is 0 Å². The Bertz CT molecular complexity index is 655. The number of nitrogens with one attached hydrogen (secondary N) is 2. The van der Waals surface area contributed by atoms with Gasteiger partial charge in [0.25, 0.3) is 0 Å². The topological polar surface area (TPSA) is 41.1 Å². The molecule has 1 aromatic rings. The maximum Gasteiger partial charge on any atom is 0.229 e. The molecule has 0 aromatic carbocycles. The third-order valence-electron chi connectivity index (χ3n) is 3.84. The lowest BCUT2D eigenvalue weighted by molar-refractivity contribution is -0.121. The van der Waals surface area contributed by atoms with E-state index >= 15 is 0 Å². The fourth-order valence-corrected chi connectivity index (χ4v) is 3.87. The SMILES string of the molecule is C=C(C)C(=C(C)C)[C@H]1CNC(=O)[C@@H]1C(=C)Nc1ccsc1Cl. The Balaban J connectivity index is 2.28. The second kappa shape index (κ2) is 6.71. The van der Waals surface area contributed by atoms with Gasteiger partial charge in [-0.05, 0) is 37.8 Å². The first-order chi connectivity index (χ1) is 10.3. The van der Waals surface area contributed by atoms with Gasteiger partial charge in [-0.15, -0.1) is 11.3 Å². The van der Waals surface area contributed by atoms with Crippen molar-refractivity contribution in [1.82, 2.24) is 5.32 Å². The van der Waals surface area contributed by atoms with Gasteiger partial charge in [-0.2, -0.15) is 0 Å². The van der Waals surface area contributed by atoms with Crippen LogP contribution in [0.1, 0.15) is 20.8 Å². The van der Waals surface area contributed by atoms with E-state index in [2.05, 4.69) is 37.6 Å². The summed E-state index contributed by atoms with van der Waals surface area (Å²) in [5, 5.41) is 8.04. The molecule has 1 aliphatic heterocycles. The van der Waals surface area contributed by atoms with Crippen molar-refractivity contribution in [3.05, 3.63) is 51.4 Å². The Morgan fingerprint density at radius 3 is 2.59 bits per heavy atom. The molecule has 2 heterocycles. The van der Waals surface area contributed by atoms with E-state index in [1.807, 2.05) is 18.4 Å². The molecule has 1 aromatic heterocycles. The number of thiophene rings is 1. The van der Waals surface area contributed by atoms with Crippen LogP contribution in [0, 0.1) is 11.8 Å². The molecule has 0 unspecified atom stereocenters. The van der Waals surface area contributed by atoms with Crippen molar-refractivity contribution in [3.8, 4) is 0 Å². The zero-order valence-corrected chi connectivity index (χ0v) is 14.7.